The highest BCUT2D eigenvalue weighted by atomic mass is 32.2. The van der Waals surface area contributed by atoms with E-state index in [0.717, 1.165) is 6.42 Å². The molecule has 1 rings (SSSR count). The van der Waals surface area contributed by atoms with Gasteiger partial charge in [0.25, 0.3) is 10.0 Å². The third-order valence-corrected chi connectivity index (χ3v) is 4.68. The first-order chi connectivity index (χ1) is 8.93. The van der Waals surface area contributed by atoms with Crippen molar-refractivity contribution in [3.8, 4) is 0 Å². The molecule has 0 aromatic carbocycles. The van der Waals surface area contributed by atoms with Crippen LogP contribution >= 0.6 is 0 Å². The molecule has 19 heavy (non-hydrogen) atoms. The Morgan fingerprint density at radius 3 is 2.53 bits per heavy atom. The van der Waals surface area contributed by atoms with Crippen molar-refractivity contribution in [2.24, 2.45) is 5.73 Å². The van der Waals surface area contributed by atoms with Crippen LogP contribution in [0.3, 0.4) is 0 Å². The van der Waals surface area contributed by atoms with Gasteiger partial charge in [0.15, 0.2) is 5.03 Å². The van der Waals surface area contributed by atoms with Gasteiger partial charge >= 0.3 is 0 Å². The molecule has 0 atom stereocenters. The second kappa shape index (κ2) is 6.99. The summed E-state index contributed by atoms with van der Waals surface area (Å²) in [5.41, 5.74) is 6.06. The standard InChI is InChI=1S/C11H23N5O2S/c1-4-5-16(7-6-15(2)3)19(17,18)11-10(8-12)9-13-14-11/h9H,4-8,12H2,1-3H3,(H,13,14). The average Bonchev–Trinajstić information content (AvgIpc) is 2.82. The lowest BCUT2D eigenvalue weighted by atomic mass is 10.4. The Morgan fingerprint density at radius 2 is 2.00 bits per heavy atom. The van der Waals surface area contributed by atoms with E-state index in [4.69, 9.17) is 5.73 Å². The van der Waals surface area contributed by atoms with Gasteiger partial charge in [0, 0.05) is 31.7 Å². The van der Waals surface area contributed by atoms with Gasteiger partial charge in [0.2, 0.25) is 0 Å². The van der Waals surface area contributed by atoms with Gasteiger partial charge in [-0.05, 0) is 20.5 Å². The predicted molar refractivity (Wildman–Crippen MR) is 74.1 cm³/mol. The van der Waals surface area contributed by atoms with Crippen LogP contribution in [-0.2, 0) is 16.6 Å². The zero-order chi connectivity index (χ0) is 14.5. The van der Waals surface area contributed by atoms with Crippen molar-refractivity contribution >= 4 is 10.0 Å². The Bertz CT molecular complexity index is 483. The fraction of sp³-hybridized carbons (Fsp3) is 0.727. The Hall–Kier alpha value is -0.960. The van der Waals surface area contributed by atoms with E-state index in [1.165, 1.54) is 10.5 Å². The van der Waals surface area contributed by atoms with Gasteiger partial charge in [0.05, 0.1) is 6.20 Å². The zero-order valence-corrected chi connectivity index (χ0v) is 12.6. The Morgan fingerprint density at radius 1 is 1.32 bits per heavy atom. The van der Waals surface area contributed by atoms with Crippen molar-refractivity contribution in [2.75, 3.05) is 33.7 Å². The van der Waals surface area contributed by atoms with Crippen LogP contribution in [0.4, 0.5) is 0 Å². The van der Waals surface area contributed by atoms with Crippen LogP contribution in [0.1, 0.15) is 18.9 Å². The van der Waals surface area contributed by atoms with Crippen LogP contribution in [0.2, 0.25) is 0 Å². The smallest absolute Gasteiger partial charge is 0.260 e. The maximum Gasteiger partial charge on any atom is 0.260 e. The lowest BCUT2D eigenvalue weighted by Crippen LogP contribution is -2.37. The van der Waals surface area contributed by atoms with Crippen molar-refractivity contribution in [3.05, 3.63) is 11.8 Å². The second-order valence-corrected chi connectivity index (χ2v) is 6.51. The van der Waals surface area contributed by atoms with Crippen LogP contribution in [0, 0.1) is 0 Å². The normalized spacial score (nSPS) is 12.5. The predicted octanol–water partition coefficient (Wildman–Crippen LogP) is -0.169. The molecule has 7 nitrogen and oxygen atoms in total. The number of nitrogens with two attached hydrogens (primary N) is 1. The molecule has 0 bridgehead atoms. The summed E-state index contributed by atoms with van der Waals surface area (Å²) in [5, 5.41) is 6.44. The van der Waals surface area contributed by atoms with E-state index in [1.807, 2.05) is 25.9 Å². The molecule has 0 amide bonds. The number of H-pyrrole nitrogens is 1. The molecule has 0 unspecified atom stereocenters. The fourth-order valence-corrected chi connectivity index (χ4v) is 3.35. The molecule has 3 N–H and O–H groups in total. The van der Waals surface area contributed by atoms with Gasteiger partial charge in [-0.1, -0.05) is 6.92 Å². The number of rotatable bonds is 8. The van der Waals surface area contributed by atoms with Crippen LogP contribution in [-0.4, -0.2) is 61.5 Å². The van der Waals surface area contributed by atoms with Gasteiger partial charge in [-0.2, -0.15) is 9.40 Å². The lowest BCUT2D eigenvalue weighted by molar-refractivity contribution is 0.332. The zero-order valence-electron chi connectivity index (χ0n) is 11.8. The number of aromatic nitrogens is 2. The van der Waals surface area contributed by atoms with E-state index < -0.39 is 10.0 Å². The maximum atomic E-state index is 12.6. The molecule has 1 aromatic rings. The first-order valence-electron chi connectivity index (χ1n) is 6.30. The Kier molecular flexibility index (Phi) is 5.92. The number of hydrogen-bond acceptors (Lipinski definition) is 5. The number of hydrogen-bond donors (Lipinski definition) is 2. The minimum Gasteiger partial charge on any atom is -0.326 e. The molecule has 0 saturated carbocycles. The van der Waals surface area contributed by atoms with Crippen LogP contribution in [0.25, 0.3) is 0 Å². The largest absolute Gasteiger partial charge is 0.326 e. The molecule has 0 spiro atoms. The fourth-order valence-electron chi connectivity index (χ4n) is 1.71. The van der Waals surface area contributed by atoms with Crippen LogP contribution in [0.15, 0.2) is 11.2 Å². The summed E-state index contributed by atoms with van der Waals surface area (Å²) >= 11 is 0. The topological polar surface area (TPSA) is 95.3 Å². The highest BCUT2D eigenvalue weighted by Gasteiger charge is 2.27. The molecule has 8 heteroatoms. The van der Waals surface area contributed by atoms with Crippen molar-refractivity contribution in [1.29, 1.82) is 0 Å². The third kappa shape index (κ3) is 4.00. The highest BCUT2D eigenvalue weighted by Crippen LogP contribution is 2.17. The summed E-state index contributed by atoms with van der Waals surface area (Å²) in [7, 11) is 0.280. The Labute approximate surface area is 114 Å². The van der Waals surface area contributed by atoms with Crippen molar-refractivity contribution in [2.45, 2.75) is 24.9 Å². The van der Waals surface area contributed by atoms with Crippen molar-refractivity contribution in [1.82, 2.24) is 19.4 Å². The van der Waals surface area contributed by atoms with Crippen LogP contribution < -0.4 is 5.73 Å². The first-order valence-corrected chi connectivity index (χ1v) is 7.74. The number of likely N-dealkylation sites (N-methyl/N-ethyl adjacent to an activating group) is 1. The molecule has 110 valence electrons. The molecule has 0 aliphatic carbocycles. The van der Waals surface area contributed by atoms with Gasteiger partial charge in [-0.15, -0.1) is 0 Å². The number of nitrogens with one attached hydrogen (secondary N) is 1. The summed E-state index contributed by atoms with van der Waals surface area (Å²) in [6.45, 7) is 3.71. The van der Waals surface area contributed by atoms with Gasteiger partial charge in [-0.25, -0.2) is 8.42 Å². The summed E-state index contributed by atoms with van der Waals surface area (Å²) < 4.78 is 26.6. The average molecular weight is 289 g/mol. The molecule has 0 aliphatic rings. The lowest BCUT2D eigenvalue weighted by Gasteiger charge is -2.23. The summed E-state index contributed by atoms with van der Waals surface area (Å²) in [4.78, 5) is 1.95. The van der Waals surface area contributed by atoms with E-state index in [9.17, 15) is 8.42 Å². The minimum absolute atomic E-state index is 0.113. The third-order valence-electron chi connectivity index (χ3n) is 2.77. The number of sulfonamides is 1. The maximum absolute atomic E-state index is 12.6. The van der Waals surface area contributed by atoms with Crippen molar-refractivity contribution < 1.29 is 8.42 Å². The Balaban J connectivity index is 2.99. The van der Waals surface area contributed by atoms with E-state index in [1.54, 1.807) is 0 Å². The van der Waals surface area contributed by atoms with E-state index in [-0.39, 0.29) is 11.6 Å². The second-order valence-electron chi connectivity index (χ2n) is 4.64. The van der Waals surface area contributed by atoms with E-state index in [0.29, 0.717) is 25.2 Å². The molecule has 0 fully saturated rings. The monoisotopic (exact) mass is 289 g/mol. The summed E-state index contributed by atoms with van der Waals surface area (Å²) in [6, 6.07) is 0. The molecular weight excluding hydrogens is 266 g/mol. The molecule has 1 aromatic heterocycles. The number of aromatic amines is 1. The van der Waals surface area contributed by atoms with E-state index >= 15 is 0 Å². The minimum atomic E-state index is -3.55. The molecule has 0 radical (unpaired) electrons. The van der Waals surface area contributed by atoms with Crippen molar-refractivity contribution in [3.63, 3.8) is 0 Å². The van der Waals surface area contributed by atoms with Gasteiger partial charge in [-0.3, -0.25) is 5.10 Å². The summed E-state index contributed by atoms with van der Waals surface area (Å²) in [6.07, 6.45) is 2.22. The molecule has 0 aliphatic heterocycles. The SMILES string of the molecule is CCCN(CCN(C)C)S(=O)(=O)c1[nH]ncc1CN. The summed E-state index contributed by atoms with van der Waals surface area (Å²) in [5.74, 6) is 0. The van der Waals surface area contributed by atoms with Gasteiger partial charge < -0.3 is 10.6 Å². The molecular formula is C11H23N5O2S. The van der Waals surface area contributed by atoms with E-state index in [2.05, 4.69) is 10.2 Å². The van der Waals surface area contributed by atoms with Crippen LogP contribution in [0.5, 0.6) is 0 Å². The van der Waals surface area contributed by atoms with Gasteiger partial charge in [0.1, 0.15) is 0 Å². The number of nitrogens with zero attached hydrogens (tertiary/aromatic N) is 3. The quantitative estimate of drug-likeness (QED) is 0.693. The molecule has 0 saturated heterocycles. The highest BCUT2D eigenvalue weighted by molar-refractivity contribution is 7.89. The first kappa shape index (κ1) is 16.1. The molecule has 1 heterocycles.